The highest BCUT2D eigenvalue weighted by molar-refractivity contribution is 14.1. The standard InChI is InChI=1S/C20H17FIN7O2/c1-28-18(13-7-14(21)10-23-9-13)25-26-20(28)29-5-6-30-11-16(29)19-24-17(27-31-19)12-3-2-4-15(22)8-12/h2-4,7-10,16H,5-6,11H2,1H3. The average Bonchev–Trinajstić information content (AvgIpc) is 3.41. The highest BCUT2D eigenvalue weighted by Crippen LogP contribution is 2.31. The average molecular weight is 533 g/mol. The second-order valence-corrected chi connectivity index (χ2v) is 8.27. The lowest BCUT2D eigenvalue weighted by atomic mass is 10.2. The fourth-order valence-corrected chi connectivity index (χ4v) is 4.06. The van der Waals surface area contributed by atoms with Crippen LogP contribution in [0.25, 0.3) is 22.8 Å². The van der Waals surface area contributed by atoms with Crippen LogP contribution in [-0.2, 0) is 11.8 Å². The molecule has 158 valence electrons. The summed E-state index contributed by atoms with van der Waals surface area (Å²) in [5.41, 5.74) is 1.43. The van der Waals surface area contributed by atoms with Gasteiger partial charge in [0.2, 0.25) is 11.8 Å². The predicted octanol–water partition coefficient (Wildman–Crippen LogP) is 3.25. The van der Waals surface area contributed by atoms with Crippen LogP contribution >= 0.6 is 22.6 Å². The van der Waals surface area contributed by atoms with Crippen LogP contribution in [0.2, 0.25) is 0 Å². The van der Waals surface area contributed by atoms with E-state index in [4.69, 9.17) is 9.26 Å². The first-order valence-corrected chi connectivity index (χ1v) is 10.6. The first-order valence-electron chi connectivity index (χ1n) is 9.54. The SMILES string of the molecule is Cn1c(-c2cncc(F)c2)nnc1N1CCOCC1c1nc(-c2cccc(I)c2)no1. The van der Waals surface area contributed by atoms with Crippen molar-refractivity contribution in [3.8, 4) is 22.8 Å². The van der Waals surface area contributed by atoms with E-state index in [9.17, 15) is 4.39 Å². The molecule has 0 spiro atoms. The summed E-state index contributed by atoms with van der Waals surface area (Å²) in [4.78, 5) is 10.5. The molecule has 5 rings (SSSR count). The minimum atomic E-state index is -0.430. The molecular weight excluding hydrogens is 516 g/mol. The molecule has 0 N–H and O–H groups in total. The summed E-state index contributed by atoms with van der Waals surface area (Å²) in [5.74, 6) is 1.63. The van der Waals surface area contributed by atoms with Gasteiger partial charge in [0.05, 0.1) is 19.4 Å². The van der Waals surface area contributed by atoms with Crippen molar-refractivity contribution in [1.29, 1.82) is 0 Å². The summed E-state index contributed by atoms with van der Waals surface area (Å²) in [5, 5.41) is 12.7. The van der Waals surface area contributed by atoms with Gasteiger partial charge in [0.1, 0.15) is 11.9 Å². The van der Waals surface area contributed by atoms with Crippen LogP contribution in [0.4, 0.5) is 10.3 Å². The smallest absolute Gasteiger partial charge is 0.252 e. The third-order valence-electron chi connectivity index (χ3n) is 5.01. The van der Waals surface area contributed by atoms with Gasteiger partial charge in [-0.25, -0.2) is 4.39 Å². The third-order valence-corrected chi connectivity index (χ3v) is 5.68. The maximum absolute atomic E-state index is 13.6. The number of rotatable bonds is 4. The van der Waals surface area contributed by atoms with E-state index in [0.717, 1.165) is 15.3 Å². The highest BCUT2D eigenvalue weighted by atomic mass is 127. The molecule has 0 aliphatic carbocycles. The molecule has 0 saturated carbocycles. The summed E-state index contributed by atoms with van der Waals surface area (Å²) in [6.45, 7) is 1.47. The fourth-order valence-electron chi connectivity index (χ4n) is 3.52. The Morgan fingerprint density at radius 3 is 2.90 bits per heavy atom. The van der Waals surface area contributed by atoms with Gasteiger partial charge < -0.3 is 14.2 Å². The predicted molar refractivity (Wildman–Crippen MR) is 118 cm³/mol. The van der Waals surface area contributed by atoms with Crippen LogP contribution < -0.4 is 4.90 Å². The molecule has 1 atom stereocenters. The van der Waals surface area contributed by atoms with Gasteiger partial charge >= 0.3 is 0 Å². The topological polar surface area (TPSA) is 95.0 Å². The first-order chi connectivity index (χ1) is 15.1. The van der Waals surface area contributed by atoms with E-state index in [2.05, 4.69) is 47.9 Å². The van der Waals surface area contributed by atoms with Crippen molar-refractivity contribution >= 4 is 28.5 Å². The largest absolute Gasteiger partial charge is 0.377 e. The molecule has 31 heavy (non-hydrogen) atoms. The van der Waals surface area contributed by atoms with Gasteiger partial charge in [-0.3, -0.25) is 9.55 Å². The molecule has 1 aliphatic heterocycles. The zero-order valence-corrected chi connectivity index (χ0v) is 18.6. The molecule has 0 amide bonds. The molecule has 0 radical (unpaired) electrons. The van der Waals surface area contributed by atoms with Gasteiger partial charge in [-0.15, -0.1) is 10.2 Å². The lowest BCUT2D eigenvalue weighted by Gasteiger charge is -2.33. The summed E-state index contributed by atoms with van der Waals surface area (Å²) >= 11 is 2.25. The van der Waals surface area contributed by atoms with E-state index in [-0.39, 0.29) is 6.04 Å². The number of anilines is 1. The quantitative estimate of drug-likeness (QED) is 0.369. The molecule has 9 nitrogen and oxygen atoms in total. The van der Waals surface area contributed by atoms with Gasteiger partial charge in [-0.05, 0) is 40.8 Å². The number of aromatic nitrogens is 6. The number of hydrogen-bond acceptors (Lipinski definition) is 8. The number of halogens is 2. The van der Waals surface area contributed by atoms with E-state index >= 15 is 0 Å². The Morgan fingerprint density at radius 2 is 2.06 bits per heavy atom. The van der Waals surface area contributed by atoms with Gasteiger partial charge in [0.25, 0.3) is 5.89 Å². The molecular formula is C20H17FIN7O2. The van der Waals surface area contributed by atoms with Crippen LogP contribution in [0.1, 0.15) is 11.9 Å². The van der Waals surface area contributed by atoms with Gasteiger partial charge in [-0.2, -0.15) is 4.98 Å². The van der Waals surface area contributed by atoms with Crippen molar-refractivity contribution in [3.05, 3.63) is 58.0 Å². The normalized spacial score (nSPS) is 16.6. The molecule has 4 heterocycles. The molecule has 1 saturated heterocycles. The van der Waals surface area contributed by atoms with Gasteiger partial charge in [0, 0.05) is 34.5 Å². The zero-order chi connectivity index (χ0) is 21.4. The summed E-state index contributed by atoms with van der Waals surface area (Å²) in [6, 6.07) is 8.94. The number of hydrogen-bond donors (Lipinski definition) is 0. The van der Waals surface area contributed by atoms with Crippen LogP contribution in [0.3, 0.4) is 0 Å². The minimum Gasteiger partial charge on any atom is -0.377 e. The third kappa shape index (κ3) is 3.90. The van der Waals surface area contributed by atoms with E-state index < -0.39 is 5.82 Å². The summed E-state index contributed by atoms with van der Waals surface area (Å²) in [7, 11) is 1.83. The van der Waals surface area contributed by atoms with Crippen LogP contribution in [0, 0.1) is 9.39 Å². The summed E-state index contributed by atoms with van der Waals surface area (Å²) in [6.07, 6.45) is 2.71. The second kappa shape index (κ2) is 8.30. The molecule has 1 fully saturated rings. The monoisotopic (exact) mass is 533 g/mol. The van der Waals surface area contributed by atoms with Crippen molar-refractivity contribution in [1.82, 2.24) is 29.9 Å². The Balaban J connectivity index is 1.47. The lowest BCUT2D eigenvalue weighted by molar-refractivity contribution is 0.0826. The molecule has 0 bridgehead atoms. The lowest BCUT2D eigenvalue weighted by Crippen LogP contribution is -2.41. The number of nitrogens with zero attached hydrogens (tertiary/aromatic N) is 7. The minimum absolute atomic E-state index is 0.320. The Labute approximate surface area is 190 Å². The van der Waals surface area contributed by atoms with Crippen molar-refractivity contribution < 1.29 is 13.7 Å². The number of morpholine rings is 1. The molecule has 4 aromatic rings. The van der Waals surface area contributed by atoms with E-state index in [1.165, 1.54) is 6.07 Å². The Bertz CT molecular complexity index is 1230. The Kier molecular flexibility index (Phi) is 5.36. The molecule has 1 aliphatic rings. The number of benzene rings is 1. The maximum atomic E-state index is 13.6. The van der Waals surface area contributed by atoms with Crippen LogP contribution in [-0.4, -0.2) is 49.6 Å². The van der Waals surface area contributed by atoms with Crippen molar-refractivity contribution in [2.45, 2.75) is 6.04 Å². The Hall–Kier alpha value is -2.93. The van der Waals surface area contributed by atoms with Crippen molar-refractivity contribution in [2.24, 2.45) is 7.05 Å². The first kappa shape index (κ1) is 20.0. The van der Waals surface area contributed by atoms with Crippen molar-refractivity contribution in [2.75, 3.05) is 24.7 Å². The zero-order valence-electron chi connectivity index (χ0n) is 16.4. The Morgan fingerprint density at radius 1 is 1.16 bits per heavy atom. The van der Waals surface area contributed by atoms with Crippen molar-refractivity contribution in [3.63, 3.8) is 0 Å². The molecule has 1 aromatic carbocycles. The van der Waals surface area contributed by atoms with Gasteiger partial charge in [-0.1, -0.05) is 17.3 Å². The van der Waals surface area contributed by atoms with Gasteiger partial charge in [0.15, 0.2) is 5.82 Å². The molecule has 3 aromatic heterocycles. The molecule has 11 heteroatoms. The summed E-state index contributed by atoms with van der Waals surface area (Å²) < 4.78 is 27.8. The maximum Gasteiger partial charge on any atom is 0.252 e. The van der Waals surface area contributed by atoms with E-state index in [1.54, 1.807) is 10.8 Å². The molecule has 1 unspecified atom stereocenters. The van der Waals surface area contributed by atoms with E-state index in [1.807, 2.05) is 36.2 Å². The van der Waals surface area contributed by atoms with E-state index in [0.29, 0.717) is 48.8 Å². The van der Waals surface area contributed by atoms with Crippen LogP contribution in [0.5, 0.6) is 0 Å². The second-order valence-electron chi connectivity index (χ2n) is 7.03. The number of pyridine rings is 1. The number of ether oxygens (including phenoxy) is 1. The highest BCUT2D eigenvalue weighted by Gasteiger charge is 2.33. The fraction of sp³-hybridized carbons (Fsp3) is 0.250. The van der Waals surface area contributed by atoms with Crippen LogP contribution in [0.15, 0.2) is 47.2 Å².